The van der Waals surface area contributed by atoms with Crippen molar-refractivity contribution < 1.29 is 23.1 Å². The number of hydrogen-bond donors (Lipinski definition) is 1. The first-order chi connectivity index (χ1) is 9.44. The number of hydrogen-bond acceptors (Lipinski definition) is 4. The molecule has 0 bridgehead atoms. The molecule has 0 aliphatic carbocycles. The molecule has 1 atom stereocenters. The van der Waals surface area contributed by atoms with Crippen molar-refractivity contribution in [3.05, 3.63) is 0 Å². The number of aliphatic carboxylic acids is 1. The molecule has 0 aromatic heterocycles. The van der Waals surface area contributed by atoms with Gasteiger partial charge in [0.2, 0.25) is 15.9 Å². The number of amides is 1. The predicted molar refractivity (Wildman–Crippen MR) is 78.3 cm³/mol. The smallest absolute Gasteiger partial charge is 0.323 e. The lowest BCUT2D eigenvalue weighted by Crippen LogP contribution is -2.58. The third-order valence-corrected chi connectivity index (χ3v) is 4.82. The first-order valence-corrected chi connectivity index (χ1v) is 8.79. The molecule has 1 unspecified atom stereocenters. The molecule has 122 valence electrons. The van der Waals surface area contributed by atoms with E-state index in [4.69, 9.17) is 5.11 Å². The monoisotopic (exact) mass is 320 g/mol. The highest BCUT2D eigenvalue weighted by Crippen LogP contribution is 2.24. The normalized spacial score (nSPS) is 21.0. The summed E-state index contributed by atoms with van der Waals surface area (Å²) in [6.07, 6.45) is 2.98. The Bertz CT molecular complexity index is 509. The van der Waals surface area contributed by atoms with Crippen LogP contribution in [-0.4, -0.2) is 65.5 Å². The summed E-state index contributed by atoms with van der Waals surface area (Å²) in [6.45, 7) is 5.08. The van der Waals surface area contributed by atoms with E-state index in [9.17, 15) is 18.0 Å². The third kappa shape index (κ3) is 4.67. The molecule has 1 amide bonds. The van der Waals surface area contributed by atoms with Crippen LogP contribution in [0.1, 0.15) is 40.0 Å². The second-order valence-electron chi connectivity index (χ2n) is 6.37. The Balaban J connectivity index is 3.08. The van der Waals surface area contributed by atoms with Crippen LogP contribution in [0.15, 0.2) is 0 Å². The average molecular weight is 320 g/mol. The molecule has 1 saturated heterocycles. The number of piperidine rings is 1. The summed E-state index contributed by atoms with van der Waals surface area (Å²) in [5.74, 6) is -1.55. The Labute approximate surface area is 126 Å². The van der Waals surface area contributed by atoms with Gasteiger partial charge in [0, 0.05) is 12.1 Å². The van der Waals surface area contributed by atoms with Gasteiger partial charge >= 0.3 is 5.97 Å². The fourth-order valence-corrected chi connectivity index (χ4v) is 3.63. The summed E-state index contributed by atoms with van der Waals surface area (Å²) in [5.41, 5.74) is -0.684. The Morgan fingerprint density at radius 1 is 1.29 bits per heavy atom. The molecule has 8 heteroatoms. The van der Waals surface area contributed by atoms with E-state index in [0.29, 0.717) is 19.4 Å². The van der Waals surface area contributed by atoms with Crippen LogP contribution in [0.2, 0.25) is 0 Å². The number of sulfonamides is 1. The van der Waals surface area contributed by atoms with Crippen LogP contribution in [0.4, 0.5) is 0 Å². The lowest BCUT2D eigenvalue weighted by molar-refractivity contribution is -0.150. The van der Waals surface area contributed by atoms with Crippen LogP contribution in [0.3, 0.4) is 0 Å². The van der Waals surface area contributed by atoms with E-state index in [-0.39, 0.29) is 0 Å². The number of nitrogens with zero attached hydrogens (tertiary/aromatic N) is 2. The maximum atomic E-state index is 12.7. The number of carboxylic acids is 1. The summed E-state index contributed by atoms with van der Waals surface area (Å²) in [6, 6.07) is -0.799. The molecule has 1 heterocycles. The van der Waals surface area contributed by atoms with E-state index < -0.39 is 40.0 Å². The second-order valence-corrected chi connectivity index (χ2v) is 8.31. The van der Waals surface area contributed by atoms with Crippen molar-refractivity contribution in [2.45, 2.75) is 51.6 Å². The van der Waals surface area contributed by atoms with Gasteiger partial charge in [-0.3, -0.25) is 9.59 Å². The molecule has 0 radical (unpaired) electrons. The van der Waals surface area contributed by atoms with Crippen LogP contribution in [0, 0.1) is 0 Å². The molecule has 0 spiro atoms. The van der Waals surface area contributed by atoms with Crippen molar-refractivity contribution in [1.82, 2.24) is 9.21 Å². The van der Waals surface area contributed by atoms with Crippen molar-refractivity contribution in [3.63, 3.8) is 0 Å². The highest BCUT2D eigenvalue weighted by molar-refractivity contribution is 7.88. The molecular formula is C13H24N2O5S. The summed E-state index contributed by atoms with van der Waals surface area (Å²) in [7, 11) is -3.49. The molecule has 0 aromatic rings. The van der Waals surface area contributed by atoms with Gasteiger partial charge in [-0.2, -0.15) is 4.31 Å². The van der Waals surface area contributed by atoms with Crippen LogP contribution >= 0.6 is 0 Å². The molecule has 1 fully saturated rings. The van der Waals surface area contributed by atoms with E-state index in [0.717, 1.165) is 12.7 Å². The van der Waals surface area contributed by atoms with Gasteiger partial charge in [-0.05, 0) is 33.6 Å². The Hall–Kier alpha value is -1.15. The minimum absolute atomic E-state index is 0.306. The highest BCUT2D eigenvalue weighted by atomic mass is 32.2. The van der Waals surface area contributed by atoms with Gasteiger partial charge in [-0.25, -0.2) is 8.42 Å². The SMILES string of the molecule is CC(C)(C)N(CC(=O)O)C(=O)C1CCCCN1S(C)(=O)=O. The maximum absolute atomic E-state index is 12.7. The standard InChI is InChI=1S/C13H24N2O5S/c1-13(2,3)14(9-11(16)17)12(18)10-7-5-6-8-15(10)21(4,19)20/h10H,5-9H2,1-4H3,(H,16,17). The van der Waals surface area contributed by atoms with Crippen molar-refractivity contribution in [2.75, 3.05) is 19.3 Å². The fraction of sp³-hybridized carbons (Fsp3) is 0.846. The van der Waals surface area contributed by atoms with Crippen LogP contribution in [-0.2, 0) is 19.6 Å². The van der Waals surface area contributed by atoms with Gasteiger partial charge in [0.15, 0.2) is 0 Å². The number of carboxylic acid groups (broad SMARTS) is 1. The van der Waals surface area contributed by atoms with E-state index in [1.165, 1.54) is 9.21 Å². The second kappa shape index (κ2) is 6.31. The number of rotatable bonds is 4. The minimum atomic E-state index is -3.49. The first-order valence-electron chi connectivity index (χ1n) is 6.94. The summed E-state index contributed by atoms with van der Waals surface area (Å²) < 4.78 is 24.9. The first kappa shape index (κ1) is 17.9. The molecular weight excluding hydrogens is 296 g/mol. The zero-order valence-corrected chi connectivity index (χ0v) is 13.8. The van der Waals surface area contributed by atoms with E-state index in [1.54, 1.807) is 20.8 Å². The molecule has 21 heavy (non-hydrogen) atoms. The lowest BCUT2D eigenvalue weighted by Gasteiger charge is -2.40. The topological polar surface area (TPSA) is 95.0 Å². The van der Waals surface area contributed by atoms with E-state index >= 15 is 0 Å². The van der Waals surface area contributed by atoms with Crippen molar-refractivity contribution >= 4 is 21.9 Å². The molecule has 1 aliphatic heterocycles. The van der Waals surface area contributed by atoms with Crippen molar-refractivity contribution in [2.24, 2.45) is 0 Å². The maximum Gasteiger partial charge on any atom is 0.323 e. The summed E-state index contributed by atoms with van der Waals surface area (Å²) in [5, 5.41) is 8.99. The summed E-state index contributed by atoms with van der Waals surface area (Å²) in [4.78, 5) is 24.9. The fourth-order valence-electron chi connectivity index (χ4n) is 2.51. The number of carbonyl (C=O) groups is 2. The Morgan fingerprint density at radius 3 is 2.29 bits per heavy atom. The van der Waals surface area contributed by atoms with E-state index in [1.807, 2.05) is 0 Å². The quantitative estimate of drug-likeness (QED) is 0.814. The van der Waals surface area contributed by atoms with Gasteiger partial charge in [0.25, 0.3) is 0 Å². The van der Waals surface area contributed by atoms with Crippen molar-refractivity contribution in [3.8, 4) is 0 Å². The molecule has 1 rings (SSSR count). The van der Waals surface area contributed by atoms with Gasteiger partial charge < -0.3 is 10.0 Å². The molecule has 0 saturated carbocycles. The zero-order valence-electron chi connectivity index (χ0n) is 13.0. The van der Waals surface area contributed by atoms with Crippen LogP contribution in [0.5, 0.6) is 0 Å². The summed E-state index contributed by atoms with van der Waals surface area (Å²) >= 11 is 0. The van der Waals surface area contributed by atoms with Gasteiger partial charge in [0.1, 0.15) is 12.6 Å². The van der Waals surface area contributed by atoms with Gasteiger partial charge in [-0.1, -0.05) is 6.42 Å². The predicted octanol–water partition coefficient (Wildman–Crippen LogP) is 0.512. The largest absolute Gasteiger partial charge is 0.480 e. The van der Waals surface area contributed by atoms with Gasteiger partial charge in [-0.15, -0.1) is 0 Å². The molecule has 0 aromatic carbocycles. The molecule has 7 nitrogen and oxygen atoms in total. The average Bonchev–Trinajstić information content (AvgIpc) is 2.32. The van der Waals surface area contributed by atoms with Crippen LogP contribution in [0.25, 0.3) is 0 Å². The van der Waals surface area contributed by atoms with Crippen LogP contribution < -0.4 is 0 Å². The number of carbonyl (C=O) groups excluding carboxylic acids is 1. The Morgan fingerprint density at radius 2 is 1.86 bits per heavy atom. The molecule has 1 aliphatic rings. The third-order valence-electron chi connectivity index (χ3n) is 3.53. The van der Waals surface area contributed by atoms with E-state index in [2.05, 4.69) is 0 Å². The minimum Gasteiger partial charge on any atom is -0.480 e. The highest BCUT2D eigenvalue weighted by Gasteiger charge is 2.40. The zero-order chi connectivity index (χ0) is 16.4. The Kier molecular flexibility index (Phi) is 5.38. The lowest BCUT2D eigenvalue weighted by atomic mass is 9.99. The molecule has 1 N–H and O–H groups in total. The van der Waals surface area contributed by atoms with Gasteiger partial charge in [0.05, 0.1) is 6.26 Å². The van der Waals surface area contributed by atoms with Crippen molar-refractivity contribution in [1.29, 1.82) is 0 Å².